The maximum absolute atomic E-state index is 12.1. The van der Waals surface area contributed by atoms with Gasteiger partial charge in [-0.3, -0.25) is 4.79 Å². The third-order valence-corrected chi connectivity index (χ3v) is 3.97. The van der Waals surface area contributed by atoms with Gasteiger partial charge in [0, 0.05) is 13.1 Å². The monoisotopic (exact) mass is 303 g/mol. The van der Waals surface area contributed by atoms with E-state index in [1.54, 1.807) is 0 Å². The Morgan fingerprint density at radius 2 is 2.20 bits per heavy atom. The number of amides is 3. The zero-order valence-corrected chi connectivity index (χ0v) is 12.3. The Labute approximate surface area is 122 Å². The van der Waals surface area contributed by atoms with Crippen molar-refractivity contribution in [3.05, 3.63) is 0 Å². The Kier molecular flexibility index (Phi) is 6.63. The van der Waals surface area contributed by atoms with Gasteiger partial charge in [-0.15, -0.1) is 0 Å². The average Bonchev–Trinajstić information content (AvgIpc) is 2.42. The number of carbonyl (C=O) groups is 3. The smallest absolute Gasteiger partial charge is 0.326 e. The lowest BCUT2D eigenvalue weighted by Crippen LogP contribution is -2.50. The molecule has 4 N–H and O–H groups in total. The first-order valence-corrected chi connectivity index (χ1v) is 7.91. The molecule has 0 spiro atoms. The Morgan fingerprint density at radius 3 is 2.75 bits per heavy atom. The second kappa shape index (κ2) is 7.98. The molecule has 1 heterocycles. The van der Waals surface area contributed by atoms with Gasteiger partial charge in [0.2, 0.25) is 5.91 Å². The summed E-state index contributed by atoms with van der Waals surface area (Å²) in [6.07, 6.45) is 3.61. The third kappa shape index (κ3) is 4.92. The van der Waals surface area contributed by atoms with Crippen LogP contribution >= 0.6 is 11.8 Å². The van der Waals surface area contributed by atoms with Crippen molar-refractivity contribution < 1.29 is 19.5 Å². The fourth-order valence-electron chi connectivity index (χ4n) is 2.17. The number of nitrogens with zero attached hydrogens (tertiary/aromatic N) is 1. The van der Waals surface area contributed by atoms with E-state index in [2.05, 4.69) is 5.32 Å². The summed E-state index contributed by atoms with van der Waals surface area (Å²) in [5.74, 6) is -1.07. The molecule has 2 unspecified atom stereocenters. The van der Waals surface area contributed by atoms with Gasteiger partial charge in [0.1, 0.15) is 6.04 Å². The second-order valence-electron chi connectivity index (χ2n) is 4.80. The summed E-state index contributed by atoms with van der Waals surface area (Å²) in [6.45, 7) is 0.810. The van der Waals surface area contributed by atoms with Crippen LogP contribution in [0.2, 0.25) is 0 Å². The number of likely N-dealkylation sites (tertiary alicyclic amines) is 1. The lowest BCUT2D eigenvalue weighted by molar-refractivity contribution is -0.142. The van der Waals surface area contributed by atoms with Crippen molar-refractivity contribution in [2.45, 2.75) is 25.3 Å². The number of thioether (sulfide) groups is 1. The number of rotatable bonds is 6. The molecule has 114 valence electrons. The molecule has 2 atom stereocenters. The summed E-state index contributed by atoms with van der Waals surface area (Å²) >= 11 is 1.53. The lowest BCUT2D eigenvalue weighted by atomic mass is 9.97. The van der Waals surface area contributed by atoms with Crippen LogP contribution in [0.15, 0.2) is 0 Å². The molecule has 0 saturated carbocycles. The van der Waals surface area contributed by atoms with Crippen LogP contribution in [0.3, 0.4) is 0 Å². The number of carbonyl (C=O) groups excluding carboxylic acids is 2. The first kappa shape index (κ1) is 16.6. The highest BCUT2D eigenvalue weighted by atomic mass is 32.2. The molecule has 1 saturated heterocycles. The molecule has 1 aliphatic heterocycles. The minimum atomic E-state index is -1.03. The first-order chi connectivity index (χ1) is 9.45. The quantitative estimate of drug-likeness (QED) is 0.644. The molecule has 7 nitrogen and oxygen atoms in total. The van der Waals surface area contributed by atoms with Gasteiger partial charge in [0.25, 0.3) is 0 Å². The number of carboxylic acid groups (broad SMARTS) is 1. The molecular weight excluding hydrogens is 282 g/mol. The molecule has 1 aliphatic rings. The molecule has 1 fully saturated rings. The van der Waals surface area contributed by atoms with Crippen molar-refractivity contribution >= 4 is 29.7 Å². The highest BCUT2D eigenvalue weighted by molar-refractivity contribution is 7.98. The van der Waals surface area contributed by atoms with Crippen molar-refractivity contribution in [2.75, 3.05) is 25.1 Å². The summed E-state index contributed by atoms with van der Waals surface area (Å²) < 4.78 is 0. The van der Waals surface area contributed by atoms with Crippen LogP contribution in [-0.2, 0) is 9.59 Å². The molecule has 0 aliphatic carbocycles. The number of nitrogens with one attached hydrogen (secondary N) is 1. The molecule has 0 aromatic carbocycles. The number of hydrogen-bond donors (Lipinski definition) is 3. The number of carboxylic acids is 1. The lowest BCUT2D eigenvalue weighted by Gasteiger charge is -2.31. The van der Waals surface area contributed by atoms with Gasteiger partial charge in [-0.25, -0.2) is 9.59 Å². The largest absolute Gasteiger partial charge is 0.480 e. The predicted octanol–water partition coefficient (Wildman–Crippen LogP) is 0.0996. The van der Waals surface area contributed by atoms with Gasteiger partial charge in [-0.2, -0.15) is 11.8 Å². The van der Waals surface area contributed by atoms with Crippen molar-refractivity contribution in [1.82, 2.24) is 10.2 Å². The molecule has 20 heavy (non-hydrogen) atoms. The number of piperidine rings is 1. The molecule has 8 heteroatoms. The zero-order valence-electron chi connectivity index (χ0n) is 11.5. The SMILES string of the molecule is CSCCC(NC(=O)C1CCCN(C(N)=O)C1)C(=O)O. The van der Waals surface area contributed by atoms with Crippen molar-refractivity contribution in [1.29, 1.82) is 0 Å². The number of nitrogens with two attached hydrogens (primary N) is 1. The Bertz CT molecular complexity index is 378. The minimum Gasteiger partial charge on any atom is -0.480 e. The van der Waals surface area contributed by atoms with Gasteiger partial charge in [-0.1, -0.05) is 0 Å². The third-order valence-electron chi connectivity index (χ3n) is 3.33. The van der Waals surface area contributed by atoms with E-state index in [1.165, 1.54) is 16.7 Å². The number of aliphatic carboxylic acids is 1. The summed E-state index contributed by atoms with van der Waals surface area (Å²) in [7, 11) is 0. The van der Waals surface area contributed by atoms with Gasteiger partial charge < -0.3 is 21.1 Å². The van der Waals surface area contributed by atoms with E-state index in [9.17, 15) is 14.4 Å². The minimum absolute atomic E-state index is 0.260. The fraction of sp³-hybridized carbons (Fsp3) is 0.750. The molecule has 0 aromatic heterocycles. The maximum atomic E-state index is 12.1. The molecule has 0 radical (unpaired) electrons. The molecule has 3 amide bonds. The predicted molar refractivity (Wildman–Crippen MR) is 76.4 cm³/mol. The van der Waals surface area contributed by atoms with E-state index in [0.29, 0.717) is 31.6 Å². The molecule has 0 bridgehead atoms. The number of hydrogen-bond acceptors (Lipinski definition) is 4. The van der Waals surface area contributed by atoms with E-state index in [-0.39, 0.29) is 18.4 Å². The zero-order chi connectivity index (χ0) is 15.1. The molecule has 0 aromatic rings. The van der Waals surface area contributed by atoms with Gasteiger partial charge in [0.15, 0.2) is 0 Å². The summed E-state index contributed by atoms with van der Waals surface area (Å²) in [5, 5.41) is 11.6. The van der Waals surface area contributed by atoms with Crippen molar-refractivity contribution in [2.24, 2.45) is 11.7 Å². The van der Waals surface area contributed by atoms with Crippen LogP contribution in [0.4, 0.5) is 4.79 Å². The Hall–Kier alpha value is -1.44. The first-order valence-electron chi connectivity index (χ1n) is 6.52. The number of urea groups is 1. The van der Waals surface area contributed by atoms with Gasteiger partial charge in [0.05, 0.1) is 5.92 Å². The fourth-order valence-corrected chi connectivity index (χ4v) is 2.65. The van der Waals surface area contributed by atoms with Crippen LogP contribution in [0, 0.1) is 5.92 Å². The van der Waals surface area contributed by atoms with Crippen LogP contribution < -0.4 is 11.1 Å². The standard InChI is InChI=1S/C12H21N3O4S/c1-20-6-4-9(11(17)18)14-10(16)8-3-2-5-15(7-8)12(13)19/h8-9H,2-7H2,1H3,(H2,13,19)(H,14,16)(H,17,18). The highest BCUT2D eigenvalue weighted by Crippen LogP contribution is 2.17. The average molecular weight is 303 g/mol. The number of primary amides is 1. The van der Waals surface area contributed by atoms with Gasteiger partial charge >= 0.3 is 12.0 Å². The van der Waals surface area contributed by atoms with Gasteiger partial charge in [-0.05, 0) is 31.3 Å². The van der Waals surface area contributed by atoms with Crippen LogP contribution in [0.5, 0.6) is 0 Å². The molecular formula is C12H21N3O4S. The maximum Gasteiger partial charge on any atom is 0.326 e. The Morgan fingerprint density at radius 1 is 1.50 bits per heavy atom. The van der Waals surface area contributed by atoms with E-state index in [4.69, 9.17) is 10.8 Å². The van der Waals surface area contributed by atoms with E-state index in [1.807, 2.05) is 6.26 Å². The van der Waals surface area contributed by atoms with E-state index < -0.39 is 18.0 Å². The van der Waals surface area contributed by atoms with E-state index in [0.717, 1.165) is 0 Å². The second-order valence-corrected chi connectivity index (χ2v) is 5.79. The Balaban J connectivity index is 2.55. The highest BCUT2D eigenvalue weighted by Gasteiger charge is 2.30. The van der Waals surface area contributed by atoms with E-state index >= 15 is 0 Å². The van der Waals surface area contributed by atoms with Crippen molar-refractivity contribution in [3.63, 3.8) is 0 Å². The van der Waals surface area contributed by atoms with Crippen LogP contribution in [0.25, 0.3) is 0 Å². The normalized spacial score (nSPS) is 20.2. The summed E-state index contributed by atoms with van der Waals surface area (Å²) in [5.41, 5.74) is 5.20. The topological polar surface area (TPSA) is 113 Å². The summed E-state index contributed by atoms with van der Waals surface area (Å²) in [4.78, 5) is 35.7. The van der Waals surface area contributed by atoms with Crippen LogP contribution in [0.1, 0.15) is 19.3 Å². The molecule has 1 rings (SSSR count). The summed E-state index contributed by atoms with van der Waals surface area (Å²) in [6, 6.07) is -1.42. The van der Waals surface area contributed by atoms with Crippen molar-refractivity contribution in [3.8, 4) is 0 Å². The van der Waals surface area contributed by atoms with Crippen LogP contribution in [-0.4, -0.2) is 59.1 Å².